The fourth-order valence-corrected chi connectivity index (χ4v) is 3.90. The summed E-state index contributed by atoms with van der Waals surface area (Å²) in [5, 5.41) is 0.489. The molecule has 2 heterocycles. The van der Waals surface area contributed by atoms with Gasteiger partial charge in [-0.3, -0.25) is 19.0 Å². The number of likely N-dealkylation sites (tertiary alicyclic amines) is 1. The molecule has 0 atom stereocenters. The summed E-state index contributed by atoms with van der Waals surface area (Å²) in [7, 11) is 0. The highest BCUT2D eigenvalue weighted by atomic mass is 35.5. The van der Waals surface area contributed by atoms with E-state index in [0.717, 1.165) is 4.57 Å². The van der Waals surface area contributed by atoms with Gasteiger partial charge < -0.3 is 10.6 Å². The zero-order valence-corrected chi connectivity index (χ0v) is 18.5. The second-order valence-corrected chi connectivity index (χ2v) is 8.45. The molecule has 1 fully saturated rings. The van der Waals surface area contributed by atoms with Gasteiger partial charge in [-0.25, -0.2) is 4.98 Å². The van der Waals surface area contributed by atoms with E-state index < -0.39 is 24.1 Å². The first-order valence-electron chi connectivity index (χ1n) is 10.5. The lowest BCUT2D eigenvalue weighted by Crippen LogP contribution is -2.44. The molecule has 178 valence electrons. The third-order valence-electron chi connectivity index (χ3n) is 5.63. The Labute approximate surface area is 193 Å². The first-order chi connectivity index (χ1) is 15.5. The SMILES string of the molecule is NC(=O)C1CCN(C(=O)Cn2c(CCCC(F)(F)F)nc(-c3ccc(Cl)cc3)cc2=O)CC1. The second-order valence-electron chi connectivity index (χ2n) is 8.02. The molecule has 1 aromatic heterocycles. The Morgan fingerprint density at radius 2 is 1.79 bits per heavy atom. The number of hydrogen-bond donors (Lipinski definition) is 1. The smallest absolute Gasteiger partial charge is 0.369 e. The predicted octanol–water partition coefficient (Wildman–Crippen LogP) is 3.17. The molecule has 0 saturated carbocycles. The normalized spacial score (nSPS) is 15.0. The average molecular weight is 485 g/mol. The van der Waals surface area contributed by atoms with Crippen molar-refractivity contribution in [3.05, 3.63) is 51.5 Å². The van der Waals surface area contributed by atoms with Gasteiger partial charge in [0.2, 0.25) is 11.8 Å². The number of primary amides is 1. The Bertz CT molecular complexity index is 1060. The third kappa shape index (κ3) is 6.80. The quantitative estimate of drug-likeness (QED) is 0.652. The minimum Gasteiger partial charge on any atom is -0.369 e. The van der Waals surface area contributed by atoms with Gasteiger partial charge in [-0.2, -0.15) is 13.2 Å². The molecular formula is C22H24ClF3N4O3. The van der Waals surface area contributed by atoms with E-state index in [1.54, 1.807) is 24.3 Å². The molecule has 0 aliphatic carbocycles. The molecule has 1 aliphatic rings. The monoisotopic (exact) mass is 484 g/mol. The fraction of sp³-hybridized carbons (Fsp3) is 0.455. The molecule has 2 N–H and O–H groups in total. The van der Waals surface area contributed by atoms with Crippen LogP contribution in [0.4, 0.5) is 13.2 Å². The Balaban J connectivity index is 1.84. The first-order valence-corrected chi connectivity index (χ1v) is 10.9. The van der Waals surface area contributed by atoms with Crippen molar-refractivity contribution in [2.75, 3.05) is 13.1 Å². The first kappa shape index (κ1) is 24.8. The van der Waals surface area contributed by atoms with Crippen LogP contribution in [0.2, 0.25) is 5.02 Å². The van der Waals surface area contributed by atoms with E-state index in [0.29, 0.717) is 42.2 Å². The third-order valence-corrected chi connectivity index (χ3v) is 5.88. The van der Waals surface area contributed by atoms with Gasteiger partial charge >= 0.3 is 6.18 Å². The molecule has 1 aliphatic heterocycles. The van der Waals surface area contributed by atoms with E-state index >= 15 is 0 Å². The zero-order valence-electron chi connectivity index (χ0n) is 17.8. The Morgan fingerprint density at radius 1 is 1.15 bits per heavy atom. The van der Waals surface area contributed by atoms with Crippen LogP contribution in [-0.4, -0.2) is 45.5 Å². The number of benzene rings is 1. The van der Waals surface area contributed by atoms with Crippen LogP contribution in [0.5, 0.6) is 0 Å². The molecule has 0 radical (unpaired) electrons. The van der Waals surface area contributed by atoms with Crippen molar-refractivity contribution in [2.24, 2.45) is 11.7 Å². The summed E-state index contributed by atoms with van der Waals surface area (Å²) in [6, 6.07) is 7.80. The number of rotatable bonds is 7. The number of hydrogen-bond acceptors (Lipinski definition) is 4. The number of halogens is 4. The van der Waals surface area contributed by atoms with Gasteiger partial charge in [-0.15, -0.1) is 0 Å². The predicted molar refractivity (Wildman–Crippen MR) is 116 cm³/mol. The number of carbonyl (C=O) groups excluding carboxylic acids is 2. The van der Waals surface area contributed by atoms with Gasteiger partial charge in [0, 0.05) is 48.5 Å². The van der Waals surface area contributed by atoms with Crippen LogP contribution < -0.4 is 11.3 Å². The maximum atomic E-state index is 12.9. The van der Waals surface area contributed by atoms with Crippen LogP contribution in [0.3, 0.4) is 0 Å². The standard InChI is InChI=1S/C22H24ClF3N4O3/c23-16-5-3-14(4-6-16)17-12-19(31)30(18(28-17)2-1-9-22(24,25)26)13-20(32)29-10-7-15(8-11-29)21(27)33/h3-6,12,15H,1-2,7-11,13H2,(H2,27,33). The maximum Gasteiger partial charge on any atom is 0.389 e. The van der Waals surface area contributed by atoms with Crippen molar-refractivity contribution in [1.82, 2.24) is 14.5 Å². The minimum absolute atomic E-state index is 0.108. The fourth-order valence-electron chi connectivity index (χ4n) is 3.78. The van der Waals surface area contributed by atoms with Crippen LogP contribution in [0.15, 0.2) is 35.1 Å². The molecule has 1 saturated heterocycles. The van der Waals surface area contributed by atoms with Crippen molar-refractivity contribution in [3.8, 4) is 11.3 Å². The number of nitrogens with two attached hydrogens (primary N) is 1. The van der Waals surface area contributed by atoms with Gasteiger partial charge in [0.25, 0.3) is 5.56 Å². The van der Waals surface area contributed by atoms with E-state index in [9.17, 15) is 27.6 Å². The Kier molecular flexibility index (Phi) is 7.78. The summed E-state index contributed by atoms with van der Waals surface area (Å²) in [6.45, 7) is 0.303. The van der Waals surface area contributed by atoms with Crippen molar-refractivity contribution >= 4 is 23.4 Å². The molecule has 0 unspecified atom stereocenters. The van der Waals surface area contributed by atoms with Gasteiger partial charge in [-0.1, -0.05) is 23.7 Å². The minimum atomic E-state index is -4.33. The van der Waals surface area contributed by atoms with Crippen LogP contribution in [0, 0.1) is 5.92 Å². The van der Waals surface area contributed by atoms with E-state index in [4.69, 9.17) is 17.3 Å². The summed E-state index contributed by atoms with van der Waals surface area (Å²) in [4.78, 5) is 42.9. The van der Waals surface area contributed by atoms with Gasteiger partial charge in [0.05, 0.1) is 5.69 Å². The number of amides is 2. The van der Waals surface area contributed by atoms with E-state index in [-0.39, 0.29) is 37.0 Å². The molecule has 11 heteroatoms. The molecule has 7 nitrogen and oxygen atoms in total. The molecule has 2 amide bonds. The molecule has 2 aromatic rings. The number of alkyl halides is 3. The van der Waals surface area contributed by atoms with E-state index in [1.165, 1.54) is 11.0 Å². The lowest BCUT2D eigenvalue weighted by atomic mass is 9.96. The van der Waals surface area contributed by atoms with E-state index in [2.05, 4.69) is 4.98 Å². The number of carbonyl (C=O) groups is 2. The van der Waals surface area contributed by atoms with Crippen LogP contribution in [-0.2, 0) is 22.6 Å². The topological polar surface area (TPSA) is 98.3 Å². The Morgan fingerprint density at radius 3 is 2.36 bits per heavy atom. The van der Waals surface area contributed by atoms with Gasteiger partial charge in [0.1, 0.15) is 12.4 Å². The number of nitrogens with zero attached hydrogens (tertiary/aromatic N) is 3. The summed E-state index contributed by atoms with van der Waals surface area (Å²) in [5.74, 6) is -0.961. The second kappa shape index (κ2) is 10.4. The molecule has 3 rings (SSSR count). The highest BCUT2D eigenvalue weighted by Crippen LogP contribution is 2.24. The van der Waals surface area contributed by atoms with Crippen molar-refractivity contribution in [3.63, 3.8) is 0 Å². The largest absolute Gasteiger partial charge is 0.389 e. The molecule has 1 aromatic carbocycles. The molecule has 0 bridgehead atoms. The number of aryl methyl sites for hydroxylation is 1. The van der Waals surface area contributed by atoms with Crippen molar-refractivity contribution in [1.29, 1.82) is 0 Å². The van der Waals surface area contributed by atoms with Crippen molar-refractivity contribution < 1.29 is 22.8 Å². The lowest BCUT2D eigenvalue weighted by molar-refractivity contribution is -0.136. The lowest BCUT2D eigenvalue weighted by Gasteiger charge is -2.31. The zero-order chi connectivity index (χ0) is 24.2. The Hall–Kier alpha value is -2.88. The summed E-state index contributed by atoms with van der Waals surface area (Å²) in [6.07, 6.45) is -4.88. The molecule has 33 heavy (non-hydrogen) atoms. The molecular weight excluding hydrogens is 461 g/mol. The van der Waals surface area contributed by atoms with Crippen molar-refractivity contribution in [2.45, 2.75) is 44.8 Å². The number of piperidine rings is 1. The average Bonchev–Trinajstić information content (AvgIpc) is 2.75. The highest BCUT2D eigenvalue weighted by Gasteiger charge is 2.28. The highest BCUT2D eigenvalue weighted by molar-refractivity contribution is 6.30. The van der Waals surface area contributed by atoms with E-state index in [1.807, 2.05) is 0 Å². The van der Waals surface area contributed by atoms with Crippen LogP contribution >= 0.6 is 11.6 Å². The van der Waals surface area contributed by atoms with Crippen LogP contribution in [0.1, 0.15) is 31.5 Å². The maximum absolute atomic E-state index is 12.9. The molecule has 0 spiro atoms. The summed E-state index contributed by atoms with van der Waals surface area (Å²) < 4.78 is 39.1. The van der Waals surface area contributed by atoms with Gasteiger partial charge in [-0.05, 0) is 31.4 Å². The van der Waals surface area contributed by atoms with Gasteiger partial charge in [0.15, 0.2) is 0 Å². The van der Waals surface area contributed by atoms with Crippen LogP contribution in [0.25, 0.3) is 11.3 Å². The summed E-state index contributed by atoms with van der Waals surface area (Å²) in [5.41, 5.74) is 5.67. The number of aromatic nitrogens is 2. The summed E-state index contributed by atoms with van der Waals surface area (Å²) >= 11 is 5.89.